The van der Waals surface area contributed by atoms with Gasteiger partial charge in [0, 0.05) is 18.9 Å². The summed E-state index contributed by atoms with van der Waals surface area (Å²) < 4.78 is 20.7. The van der Waals surface area contributed by atoms with Gasteiger partial charge in [0.2, 0.25) is 6.79 Å². The van der Waals surface area contributed by atoms with Crippen LogP contribution in [-0.2, 0) is 11.3 Å². The highest BCUT2D eigenvalue weighted by Gasteiger charge is 2.16. The topological polar surface area (TPSA) is 69.9 Å². The third-order valence-corrected chi connectivity index (χ3v) is 2.80. The molecule has 0 bridgehead atoms. The van der Waals surface area contributed by atoms with Crippen molar-refractivity contribution in [3.63, 3.8) is 0 Å². The number of furan rings is 1. The van der Waals surface area contributed by atoms with Crippen LogP contribution in [0, 0.1) is 0 Å². The SMILES string of the molecule is COCc1ccc(C(=O)Nc2ccc3c(c2)OCO3)o1. The summed E-state index contributed by atoms with van der Waals surface area (Å²) in [6.07, 6.45) is 0. The van der Waals surface area contributed by atoms with Crippen molar-refractivity contribution in [1.29, 1.82) is 0 Å². The summed E-state index contributed by atoms with van der Waals surface area (Å²) >= 11 is 0. The number of rotatable bonds is 4. The van der Waals surface area contributed by atoms with Crippen LogP contribution in [-0.4, -0.2) is 19.8 Å². The third-order valence-electron chi connectivity index (χ3n) is 2.80. The maximum atomic E-state index is 12.0. The standard InChI is InChI=1S/C14H13NO5/c1-17-7-10-3-5-12(20-10)14(16)15-9-2-4-11-13(6-9)19-8-18-11/h2-6H,7-8H2,1H3,(H,15,16). The Labute approximate surface area is 115 Å². The Balaban J connectivity index is 1.71. The fraction of sp³-hybridized carbons (Fsp3) is 0.214. The van der Waals surface area contributed by atoms with Crippen molar-refractivity contribution in [2.75, 3.05) is 19.2 Å². The van der Waals surface area contributed by atoms with Gasteiger partial charge in [-0.15, -0.1) is 0 Å². The fourth-order valence-electron chi connectivity index (χ4n) is 1.89. The Morgan fingerprint density at radius 1 is 1.25 bits per heavy atom. The van der Waals surface area contributed by atoms with Crippen LogP contribution in [0.2, 0.25) is 0 Å². The van der Waals surface area contributed by atoms with Gasteiger partial charge in [0.1, 0.15) is 12.4 Å². The molecule has 0 radical (unpaired) electrons. The first-order valence-corrected chi connectivity index (χ1v) is 6.05. The molecule has 0 unspecified atom stereocenters. The number of fused-ring (bicyclic) bond motifs is 1. The van der Waals surface area contributed by atoms with Crippen molar-refractivity contribution in [3.05, 3.63) is 41.9 Å². The quantitative estimate of drug-likeness (QED) is 0.927. The van der Waals surface area contributed by atoms with Crippen LogP contribution in [0.25, 0.3) is 0 Å². The lowest BCUT2D eigenvalue weighted by atomic mass is 10.2. The lowest BCUT2D eigenvalue weighted by molar-refractivity contribution is 0.0987. The van der Waals surface area contributed by atoms with Crippen molar-refractivity contribution in [2.45, 2.75) is 6.61 Å². The predicted octanol–water partition coefficient (Wildman–Crippen LogP) is 2.41. The minimum atomic E-state index is -0.328. The van der Waals surface area contributed by atoms with Gasteiger partial charge in [0.05, 0.1) is 0 Å². The average molecular weight is 275 g/mol. The summed E-state index contributed by atoms with van der Waals surface area (Å²) in [6.45, 7) is 0.530. The van der Waals surface area contributed by atoms with E-state index in [2.05, 4.69) is 5.32 Å². The van der Waals surface area contributed by atoms with Crippen LogP contribution in [0.1, 0.15) is 16.3 Å². The molecule has 20 heavy (non-hydrogen) atoms. The minimum Gasteiger partial charge on any atom is -0.454 e. The van der Waals surface area contributed by atoms with Gasteiger partial charge in [-0.2, -0.15) is 0 Å². The number of hydrogen-bond acceptors (Lipinski definition) is 5. The van der Waals surface area contributed by atoms with E-state index in [9.17, 15) is 4.79 Å². The largest absolute Gasteiger partial charge is 0.454 e. The van der Waals surface area contributed by atoms with Gasteiger partial charge in [-0.3, -0.25) is 4.79 Å². The van der Waals surface area contributed by atoms with Crippen LogP contribution in [0.3, 0.4) is 0 Å². The van der Waals surface area contributed by atoms with Crippen LogP contribution in [0.5, 0.6) is 11.5 Å². The molecule has 0 saturated heterocycles. The van der Waals surface area contributed by atoms with Crippen LogP contribution >= 0.6 is 0 Å². The Hall–Kier alpha value is -2.47. The molecule has 2 heterocycles. The molecule has 1 aliphatic rings. The van der Waals surface area contributed by atoms with Crippen molar-refractivity contribution < 1.29 is 23.4 Å². The highest BCUT2D eigenvalue weighted by atomic mass is 16.7. The highest BCUT2D eigenvalue weighted by molar-refractivity contribution is 6.02. The number of amides is 1. The highest BCUT2D eigenvalue weighted by Crippen LogP contribution is 2.34. The molecule has 1 aromatic carbocycles. The van der Waals surface area contributed by atoms with Crippen LogP contribution in [0.15, 0.2) is 34.7 Å². The molecule has 1 aliphatic heterocycles. The van der Waals surface area contributed by atoms with Crippen molar-refractivity contribution in [1.82, 2.24) is 0 Å². The van der Waals surface area contributed by atoms with Gasteiger partial charge in [0.15, 0.2) is 17.3 Å². The van der Waals surface area contributed by atoms with Gasteiger partial charge < -0.3 is 23.9 Å². The van der Waals surface area contributed by atoms with E-state index in [1.807, 2.05) is 0 Å². The molecule has 1 aromatic heterocycles. The molecular weight excluding hydrogens is 262 g/mol. The molecule has 0 atom stereocenters. The summed E-state index contributed by atoms with van der Waals surface area (Å²) in [5, 5.41) is 2.73. The van der Waals surface area contributed by atoms with E-state index in [-0.39, 0.29) is 18.5 Å². The second-order valence-electron chi connectivity index (χ2n) is 4.22. The zero-order chi connectivity index (χ0) is 13.9. The van der Waals surface area contributed by atoms with Gasteiger partial charge in [-0.1, -0.05) is 0 Å². The Morgan fingerprint density at radius 2 is 2.10 bits per heavy atom. The molecule has 0 fully saturated rings. The van der Waals surface area contributed by atoms with Crippen molar-refractivity contribution in [3.8, 4) is 11.5 Å². The van der Waals surface area contributed by atoms with E-state index in [0.29, 0.717) is 29.6 Å². The van der Waals surface area contributed by atoms with Gasteiger partial charge in [-0.05, 0) is 24.3 Å². The number of hydrogen-bond donors (Lipinski definition) is 1. The van der Waals surface area contributed by atoms with Gasteiger partial charge in [0.25, 0.3) is 5.91 Å². The Bertz CT molecular complexity index is 634. The first kappa shape index (κ1) is 12.6. The number of anilines is 1. The third kappa shape index (κ3) is 2.46. The zero-order valence-electron chi connectivity index (χ0n) is 10.8. The first-order chi connectivity index (χ1) is 9.76. The van der Waals surface area contributed by atoms with E-state index in [4.69, 9.17) is 18.6 Å². The smallest absolute Gasteiger partial charge is 0.291 e. The summed E-state index contributed by atoms with van der Waals surface area (Å²) in [6, 6.07) is 8.51. The summed E-state index contributed by atoms with van der Waals surface area (Å²) in [5.74, 6) is 1.79. The molecule has 1 amide bonds. The number of ether oxygens (including phenoxy) is 3. The molecule has 0 spiro atoms. The number of carbonyl (C=O) groups excluding carboxylic acids is 1. The van der Waals surface area contributed by atoms with Gasteiger partial charge in [-0.25, -0.2) is 0 Å². The maximum Gasteiger partial charge on any atom is 0.291 e. The molecule has 6 heteroatoms. The van der Waals surface area contributed by atoms with Crippen LogP contribution in [0.4, 0.5) is 5.69 Å². The summed E-state index contributed by atoms with van der Waals surface area (Å²) in [5.41, 5.74) is 0.615. The number of methoxy groups -OCH3 is 1. The van der Waals surface area contributed by atoms with E-state index in [1.165, 1.54) is 0 Å². The van der Waals surface area contributed by atoms with E-state index in [1.54, 1.807) is 37.4 Å². The lowest BCUT2D eigenvalue weighted by Gasteiger charge is -2.04. The number of nitrogens with one attached hydrogen (secondary N) is 1. The molecule has 6 nitrogen and oxygen atoms in total. The molecule has 0 saturated carbocycles. The lowest BCUT2D eigenvalue weighted by Crippen LogP contribution is -2.10. The maximum absolute atomic E-state index is 12.0. The van der Waals surface area contributed by atoms with Crippen molar-refractivity contribution >= 4 is 11.6 Å². The molecule has 0 aliphatic carbocycles. The first-order valence-electron chi connectivity index (χ1n) is 6.05. The van der Waals surface area contributed by atoms with Crippen molar-refractivity contribution in [2.24, 2.45) is 0 Å². The number of carbonyl (C=O) groups is 1. The van der Waals surface area contributed by atoms with Gasteiger partial charge >= 0.3 is 0 Å². The Kier molecular flexibility index (Phi) is 3.30. The minimum absolute atomic E-state index is 0.200. The van der Waals surface area contributed by atoms with E-state index in [0.717, 1.165) is 0 Å². The normalized spacial score (nSPS) is 12.4. The molecule has 3 rings (SSSR count). The second kappa shape index (κ2) is 5.26. The molecule has 104 valence electrons. The number of benzene rings is 1. The monoisotopic (exact) mass is 275 g/mol. The summed E-state index contributed by atoms with van der Waals surface area (Å²) in [4.78, 5) is 12.0. The molecule has 1 N–H and O–H groups in total. The van der Waals surface area contributed by atoms with E-state index < -0.39 is 0 Å². The Morgan fingerprint density at radius 3 is 2.95 bits per heavy atom. The average Bonchev–Trinajstić information content (AvgIpc) is 3.07. The fourth-order valence-corrected chi connectivity index (χ4v) is 1.89. The molecule has 2 aromatic rings. The summed E-state index contributed by atoms with van der Waals surface area (Å²) in [7, 11) is 1.56. The van der Waals surface area contributed by atoms with E-state index >= 15 is 0 Å². The zero-order valence-corrected chi connectivity index (χ0v) is 10.8. The molecular formula is C14H13NO5. The second-order valence-corrected chi connectivity index (χ2v) is 4.22. The predicted molar refractivity (Wildman–Crippen MR) is 69.9 cm³/mol. The van der Waals surface area contributed by atoms with Crippen LogP contribution < -0.4 is 14.8 Å².